The van der Waals surface area contributed by atoms with Crippen molar-refractivity contribution in [2.75, 3.05) is 9.80 Å². The molecule has 66 heavy (non-hydrogen) atoms. The fourth-order valence-corrected chi connectivity index (χ4v) is 11.4. The van der Waals surface area contributed by atoms with Gasteiger partial charge in [0.15, 0.2) is 0 Å². The van der Waals surface area contributed by atoms with Crippen LogP contribution in [-0.2, 0) is 10.8 Å². The Morgan fingerprint density at radius 1 is 0.333 bits per heavy atom. The second-order valence-electron chi connectivity index (χ2n) is 18.3. The molecule has 3 aliphatic carbocycles. The quantitative estimate of drug-likeness (QED) is 0.143. The lowest BCUT2D eigenvalue weighted by Gasteiger charge is -2.36. The number of anilines is 5. The highest BCUT2D eigenvalue weighted by Gasteiger charge is 2.46. The molecule has 12 rings (SSSR count). The minimum atomic E-state index is -0.517. The molecule has 0 saturated carbocycles. The summed E-state index contributed by atoms with van der Waals surface area (Å²) >= 11 is 0. The lowest BCUT2D eigenvalue weighted by molar-refractivity contribution is 0.660. The molecule has 9 aromatic carbocycles. The van der Waals surface area contributed by atoms with Crippen molar-refractivity contribution in [1.82, 2.24) is 0 Å². The van der Waals surface area contributed by atoms with Crippen LogP contribution in [0.1, 0.15) is 65.6 Å². The summed E-state index contributed by atoms with van der Waals surface area (Å²) in [7, 11) is 0. The Hall–Kier alpha value is -7.94. The van der Waals surface area contributed by atoms with E-state index in [2.05, 4.69) is 266 Å². The normalized spacial score (nSPS) is 14.8. The monoisotopic (exact) mass is 846 g/mol. The number of para-hydroxylation sites is 2. The van der Waals surface area contributed by atoms with Crippen LogP contribution in [0.15, 0.2) is 248 Å². The van der Waals surface area contributed by atoms with Gasteiger partial charge >= 0.3 is 0 Å². The molecule has 0 N–H and O–H groups in total. The van der Waals surface area contributed by atoms with E-state index in [9.17, 15) is 0 Å². The van der Waals surface area contributed by atoms with Crippen molar-refractivity contribution in [3.8, 4) is 22.3 Å². The topological polar surface area (TPSA) is 6.48 Å². The number of benzene rings is 9. The van der Waals surface area contributed by atoms with Gasteiger partial charge in [-0.1, -0.05) is 196 Å². The molecule has 0 bridgehead atoms. The van der Waals surface area contributed by atoms with Crippen LogP contribution < -0.4 is 9.80 Å². The predicted octanol–water partition coefficient (Wildman–Crippen LogP) is 16.7. The third kappa shape index (κ3) is 6.24. The van der Waals surface area contributed by atoms with E-state index in [1.807, 2.05) is 0 Å². The van der Waals surface area contributed by atoms with Crippen molar-refractivity contribution in [3.63, 3.8) is 0 Å². The van der Waals surface area contributed by atoms with Gasteiger partial charge in [0.2, 0.25) is 0 Å². The van der Waals surface area contributed by atoms with Crippen LogP contribution in [0, 0.1) is 0 Å². The highest BCUT2D eigenvalue weighted by atomic mass is 15.2. The molecule has 0 radical (unpaired) electrons. The first kappa shape index (κ1) is 39.6. The molecule has 0 aliphatic heterocycles. The summed E-state index contributed by atoms with van der Waals surface area (Å²) in [6.07, 6.45) is 6.86. The molecule has 0 unspecified atom stereocenters. The average Bonchev–Trinajstić information content (AvgIpc) is 3.81. The summed E-state index contributed by atoms with van der Waals surface area (Å²) in [5.41, 5.74) is 21.7. The lowest BCUT2D eigenvalue weighted by Crippen LogP contribution is -2.29. The van der Waals surface area contributed by atoms with Gasteiger partial charge in [-0.05, 0) is 135 Å². The van der Waals surface area contributed by atoms with Crippen molar-refractivity contribution in [3.05, 3.63) is 287 Å². The smallest absolute Gasteiger partial charge is 0.0714 e. The number of rotatable bonds is 9. The molecule has 0 atom stereocenters. The first-order valence-electron chi connectivity index (χ1n) is 23.3. The number of nitrogens with zero attached hydrogens (tertiary/aromatic N) is 2. The third-order valence-electron chi connectivity index (χ3n) is 14.4. The Kier molecular flexibility index (Phi) is 9.57. The second kappa shape index (κ2) is 15.9. The van der Waals surface area contributed by atoms with Gasteiger partial charge in [-0.3, -0.25) is 0 Å². The van der Waals surface area contributed by atoms with Gasteiger partial charge in [0.1, 0.15) is 0 Å². The Morgan fingerprint density at radius 3 is 1.42 bits per heavy atom. The molecule has 0 aromatic heterocycles. The van der Waals surface area contributed by atoms with Crippen LogP contribution in [0.4, 0.5) is 28.4 Å². The van der Waals surface area contributed by atoms with Gasteiger partial charge in [-0.2, -0.15) is 0 Å². The van der Waals surface area contributed by atoms with Crippen molar-refractivity contribution < 1.29 is 0 Å². The molecular formula is C64H50N2. The highest BCUT2D eigenvalue weighted by Crippen LogP contribution is 2.57. The first-order chi connectivity index (χ1) is 32.5. The van der Waals surface area contributed by atoms with E-state index in [1.165, 1.54) is 72.5 Å². The Morgan fingerprint density at radius 2 is 0.788 bits per heavy atom. The van der Waals surface area contributed by atoms with E-state index in [1.54, 1.807) is 0 Å². The molecule has 3 aliphatic rings. The van der Waals surface area contributed by atoms with E-state index in [0.717, 1.165) is 41.3 Å². The van der Waals surface area contributed by atoms with Crippen LogP contribution in [0.2, 0.25) is 0 Å². The zero-order valence-electron chi connectivity index (χ0n) is 37.4. The van der Waals surface area contributed by atoms with Gasteiger partial charge in [0.25, 0.3) is 0 Å². The number of fused-ring (bicyclic) bond motifs is 6. The largest absolute Gasteiger partial charge is 0.311 e. The standard InChI is InChI=1S/C64H50N2/c1-63(2)58-33-16-12-30-54(58)57-42-41-52(44-61(57)63)66(62-36-19-15-29-53(62)45-37-39-50(40-38-45)65(48-24-8-4-9-25-48)49-26-10-5-11-27-49)51-28-20-23-47(43-51)64(46-21-6-3-7-22-46)59-34-17-13-31-55(59)56-32-14-18-35-60(56)64/h3-14,16-18,20-44H,15,19H2,1-2H3. The molecule has 0 spiro atoms. The minimum absolute atomic E-state index is 0.150. The maximum absolute atomic E-state index is 2.55. The molecule has 9 aromatic rings. The lowest BCUT2D eigenvalue weighted by atomic mass is 9.67. The SMILES string of the molecule is CC1(C)c2ccccc2-c2ccc(N(C3=CCCC=C3c3ccc(N(c4ccccc4)c4ccccc4)cc3)c3cccc(C4(c5ccccc5)c5ccccc5-c5ccccc54)c3)cc21. The van der Waals surface area contributed by atoms with Crippen LogP contribution >= 0.6 is 0 Å². The molecule has 2 heteroatoms. The summed E-state index contributed by atoms with van der Waals surface area (Å²) in [6.45, 7) is 4.76. The van der Waals surface area contributed by atoms with Crippen molar-refractivity contribution in [1.29, 1.82) is 0 Å². The summed E-state index contributed by atoms with van der Waals surface area (Å²) in [5.74, 6) is 0. The van der Waals surface area contributed by atoms with Gasteiger partial charge in [0.05, 0.1) is 5.41 Å². The Bertz CT molecular complexity index is 3240. The van der Waals surface area contributed by atoms with Crippen molar-refractivity contribution >= 4 is 34.0 Å². The third-order valence-corrected chi connectivity index (χ3v) is 14.4. The number of hydrogen-bond acceptors (Lipinski definition) is 2. The molecule has 0 heterocycles. The van der Waals surface area contributed by atoms with Crippen LogP contribution in [0.25, 0.3) is 27.8 Å². The molecule has 0 amide bonds. The maximum atomic E-state index is 2.55. The minimum Gasteiger partial charge on any atom is -0.311 e. The molecule has 0 fully saturated rings. The number of allylic oxidation sites excluding steroid dienone is 3. The highest BCUT2D eigenvalue weighted by molar-refractivity contribution is 5.92. The zero-order valence-corrected chi connectivity index (χ0v) is 37.4. The Balaban J connectivity index is 1.04. The summed E-state index contributed by atoms with van der Waals surface area (Å²) in [4.78, 5) is 4.88. The van der Waals surface area contributed by atoms with Crippen LogP contribution in [-0.4, -0.2) is 0 Å². The Labute approximate surface area is 389 Å². The predicted molar refractivity (Wildman–Crippen MR) is 276 cm³/mol. The maximum Gasteiger partial charge on any atom is 0.0714 e. The van der Waals surface area contributed by atoms with E-state index in [-0.39, 0.29) is 5.41 Å². The van der Waals surface area contributed by atoms with E-state index in [0.29, 0.717) is 0 Å². The van der Waals surface area contributed by atoms with Crippen LogP contribution in [0.3, 0.4) is 0 Å². The summed E-state index contributed by atoms with van der Waals surface area (Å²) in [6, 6.07) is 85.3. The van der Waals surface area contributed by atoms with E-state index in [4.69, 9.17) is 0 Å². The van der Waals surface area contributed by atoms with Crippen LogP contribution in [0.5, 0.6) is 0 Å². The molecular weight excluding hydrogens is 797 g/mol. The van der Waals surface area contributed by atoms with Gasteiger partial charge < -0.3 is 9.80 Å². The number of hydrogen-bond donors (Lipinski definition) is 0. The molecule has 0 saturated heterocycles. The summed E-state index contributed by atoms with van der Waals surface area (Å²) < 4.78 is 0. The molecule has 316 valence electrons. The average molecular weight is 847 g/mol. The first-order valence-corrected chi connectivity index (χ1v) is 23.3. The van der Waals surface area contributed by atoms with Crippen molar-refractivity contribution in [2.24, 2.45) is 0 Å². The van der Waals surface area contributed by atoms with E-state index >= 15 is 0 Å². The summed E-state index contributed by atoms with van der Waals surface area (Å²) in [5, 5.41) is 0. The fourth-order valence-electron chi connectivity index (χ4n) is 11.4. The van der Waals surface area contributed by atoms with E-state index < -0.39 is 5.41 Å². The van der Waals surface area contributed by atoms with Crippen molar-refractivity contribution in [2.45, 2.75) is 37.5 Å². The second-order valence-corrected chi connectivity index (χ2v) is 18.3. The zero-order chi connectivity index (χ0) is 44.2. The fraction of sp³-hybridized carbons (Fsp3) is 0.0938. The van der Waals surface area contributed by atoms with Gasteiger partial charge in [-0.15, -0.1) is 0 Å². The van der Waals surface area contributed by atoms with Gasteiger partial charge in [0, 0.05) is 45.1 Å². The molecule has 2 nitrogen and oxygen atoms in total. The van der Waals surface area contributed by atoms with Gasteiger partial charge in [-0.25, -0.2) is 0 Å².